The Bertz CT molecular complexity index is 417. The van der Waals surface area contributed by atoms with Crippen molar-refractivity contribution in [3.63, 3.8) is 0 Å². The molecule has 0 saturated carbocycles. The molecule has 1 heterocycles. The number of rotatable bonds is 5. The SMILES string of the molecule is O=C(N[C@H]1CCCOCC1)N[C@H](CO)Cc1ccccc1. The first-order valence-electron chi connectivity index (χ1n) is 7.57. The Kier molecular flexibility index (Phi) is 6.50. The smallest absolute Gasteiger partial charge is 0.315 e. The van der Waals surface area contributed by atoms with Gasteiger partial charge in [0, 0.05) is 19.3 Å². The van der Waals surface area contributed by atoms with Gasteiger partial charge in [0.25, 0.3) is 0 Å². The van der Waals surface area contributed by atoms with Crippen molar-refractivity contribution in [2.75, 3.05) is 19.8 Å². The van der Waals surface area contributed by atoms with Gasteiger partial charge in [0.05, 0.1) is 12.6 Å². The molecule has 0 aliphatic carbocycles. The molecule has 0 unspecified atom stereocenters. The van der Waals surface area contributed by atoms with Crippen molar-refractivity contribution >= 4 is 6.03 Å². The second kappa shape index (κ2) is 8.64. The summed E-state index contributed by atoms with van der Waals surface area (Å²) in [4.78, 5) is 12.0. The van der Waals surface area contributed by atoms with Crippen molar-refractivity contribution < 1.29 is 14.6 Å². The quantitative estimate of drug-likeness (QED) is 0.769. The zero-order valence-corrected chi connectivity index (χ0v) is 12.3. The summed E-state index contributed by atoms with van der Waals surface area (Å²) >= 11 is 0. The Balaban J connectivity index is 1.79. The van der Waals surface area contributed by atoms with E-state index in [0.717, 1.165) is 31.4 Å². The van der Waals surface area contributed by atoms with E-state index in [1.54, 1.807) is 0 Å². The van der Waals surface area contributed by atoms with Gasteiger partial charge in [-0.15, -0.1) is 0 Å². The molecule has 3 N–H and O–H groups in total. The first kappa shape index (κ1) is 15.8. The summed E-state index contributed by atoms with van der Waals surface area (Å²) in [7, 11) is 0. The average Bonchev–Trinajstić information content (AvgIpc) is 2.76. The number of aliphatic hydroxyl groups is 1. The lowest BCUT2D eigenvalue weighted by Gasteiger charge is -2.20. The summed E-state index contributed by atoms with van der Waals surface area (Å²) in [5, 5.41) is 15.2. The van der Waals surface area contributed by atoms with Crippen LogP contribution in [0.3, 0.4) is 0 Å². The first-order chi connectivity index (χ1) is 10.3. The highest BCUT2D eigenvalue weighted by atomic mass is 16.5. The molecule has 1 saturated heterocycles. The highest BCUT2D eigenvalue weighted by molar-refractivity contribution is 5.74. The van der Waals surface area contributed by atoms with Crippen molar-refractivity contribution in [1.82, 2.24) is 10.6 Å². The van der Waals surface area contributed by atoms with E-state index in [9.17, 15) is 9.90 Å². The number of carbonyl (C=O) groups excluding carboxylic acids is 1. The van der Waals surface area contributed by atoms with Crippen molar-refractivity contribution in [3.8, 4) is 0 Å². The van der Waals surface area contributed by atoms with Crippen LogP contribution in [-0.2, 0) is 11.2 Å². The molecule has 21 heavy (non-hydrogen) atoms. The van der Waals surface area contributed by atoms with Crippen LogP contribution in [0.15, 0.2) is 30.3 Å². The third-order valence-corrected chi connectivity index (χ3v) is 3.67. The number of benzene rings is 1. The molecule has 2 amide bonds. The zero-order chi connectivity index (χ0) is 14.9. The Morgan fingerprint density at radius 1 is 1.29 bits per heavy atom. The Labute approximate surface area is 125 Å². The van der Waals surface area contributed by atoms with Crippen molar-refractivity contribution in [3.05, 3.63) is 35.9 Å². The van der Waals surface area contributed by atoms with Crippen LogP contribution in [0, 0.1) is 0 Å². The van der Waals surface area contributed by atoms with E-state index >= 15 is 0 Å². The highest BCUT2D eigenvalue weighted by Gasteiger charge is 2.17. The van der Waals surface area contributed by atoms with Crippen LogP contribution in [0.25, 0.3) is 0 Å². The van der Waals surface area contributed by atoms with Gasteiger partial charge in [0.1, 0.15) is 0 Å². The fourth-order valence-corrected chi connectivity index (χ4v) is 2.52. The topological polar surface area (TPSA) is 70.6 Å². The lowest BCUT2D eigenvalue weighted by molar-refractivity contribution is 0.142. The summed E-state index contributed by atoms with van der Waals surface area (Å²) in [6, 6.07) is 9.52. The standard InChI is InChI=1S/C16H24N2O3/c19-12-15(11-13-5-2-1-3-6-13)18-16(20)17-14-7-4-9-21-10-8-14/h1-3,5-6,14-15,19H,4,7-12H2,(H2,17,18,20)/t14-,15-/m0/s1. The monoisotopic (exact) mass is 292 g/mol. The molecule has 2 atom stereocenters. The fourth-order valence-electron chi connectivity index (χ4n) is 2.52. The Hall–Kier alpha value is -1.59. The second-order valence-corrected chi connectivity index (χ2v) is 5.43. The van der Waals surface area contributed by atoms with E-state index in [2.05, 4.69) is 10.6 Å². The number of amides is 2. The van der Waals surface area contributed by atoms with Gasteiger partial charge < -0.3 is 20.5 Å². The number of hydrogen-bond acceptors (Lipinski definition) is 3. The van der Waals surface area contributed by atoms with Crippen LogP contribution in [0.1, 0.15) is 24.8 Å². The number of hydrogen-bond donors (Lipinski definition) is 3. The number of aliphatic hydroxyl groups excluding tert-OH is 1. The summed E-state index contributed by atoms with van der Waals surface area (Å²) in [6.07, 6.45) is 3.38. The molecule has 0 radical (unpaired) electrons. The molecule has 5 heteroatoms. The zero-order valence-electron chi connectivity index (χ0n) is 12.3. The molecule has 2 rings (SSSR count). The molecule has 1 aromatic carbocycles. The molecule has 1 fully saturated rings. The maximum atomic E-state index is 12.0. The molecule has 0 bridgehead atoms. The van der Waals surface area contributed by atoms with Crippen LogP contribution in [0.2, 0.25) is 0 Å². The van der Waals surface area contributed by atoms with Crippen molar-refractivity contribution in [1.29, 1.82) is 0 Å². The molecule has 116 valence electrons. The van der Waals surface area contributed by atoms with Gasteiger partial charge in [-0.25, -0.2) is 4.79 Å². The molecule has 1 aliphatic rings. The third kappa shape index (κ3) is 5.73. The highest BCUT2D eigenvalue weighted by Crippen LogP contribution is 2.08. The Morgan fingerprint density at radius 2 is 2.10 bits per heavy atom. The molecule has 0 spiro atoms. The molecule has 1 aliphatic heterocycles. The first-order valence-corrected chi connectivity index (χ1v) is 7.57. The van der Waals surface area contributed by atoms with E-state index in [0.29, 0.717) is 13.0 Å². The van der Waals surface area contributed by atoms with Gasteiger partial charge in [-0.3, -0.25) is 0 Å². The van der Waals surface area contributed by atoms with Gasteiger partial charge in [-0.1, -0.05) is 30.3 Å². The van der Waals surface area contributed by atoms with Gasteiger partial charge in [-0.05, 0) is 31.2 Å². The van der Waals surface area contributed by atoms with E-state index in [1.165, 1.54) is 0 Å². The number of ether oxygens (including phenoxy) is 1. The molecule has 5 nitrogen and oxygen atoms in total. The predicted molar refractivity (Wildman–Crippen MR) is 81.1 cm³/mol. The minimum absolute atomic E-state index is 0.0733. The summed E-state index contributed by atoms with van der Waals surface area (Å²) in [6.45, 7) is 1.39. The third-order valence-electron chi connectivity index (χ3n) is 3.67. The van der Waals surface area contributed by atoms with E-state index in [-0.39, 0.29) is 24.7 Å². The number of urea groups is 1. The number of carbonyl (C=O) groups is 1. The normalized spacial score (nSPS) is 20.3. The van der Waals surface area contributed by atoms with Crippen LogP contribution in [0.5, 0.6) is 0 Å². The van der Waals surface area contributed by atoms with Crippen molar-refractivity contribution in [2.24, 2.45) is 0 Å². The fraction of sp³-hybridized carbons (Fsp3) is 0.562. The largest absolute Gasteiger partial charge is 0.394 e. The van der Waals surface area contributed by atoms with E-state index < -0.39 is 0 Å². The summed E-state index contributed by atoms with van der Waals surface area (Å²) in [5.74, 6) is 0. The van der Waals surface area contributed by atoms with Crippen LogP contribution < -0.4 is 10.6 Å². The van der Waals surface area contributed by atoms with E-state index in [1.807, 2.05) is 30.3 Å². The molecular formula is C16H24N2O3. The summed E-state index contributed by atoms with van der Waals surface area (Å²) in [5.41, 5.74) is 1.10. The summed E-state index contributed by atoms with van der Waals surface area (Å²) < 4.78 is 5.38. The minimum atomic E-state index is -0.269. The van der Waals surface area contributed by atoms with Gasteiger partial charge >= 0.3 is 6.03 Å². The Morgan fingerprint density at radius 3 is 2.86 bits per heavy atom. The van der Waals surface area contributed by atoms with Crippen LogP contribution in [0.4, 0.5) is 4.79 Å². The number of nitrogens with one attached hydrogen (secondary N) is 2. The van der Waals surface area contributed by atoms with Gasteiger partial charge in [0.2, 0.25) is 0 Å². The van der Waals surface area contributed by atoms with Crippen LogP contribution >= 0.6 is 0 Å². The average molecular weight is 292 g/mol. The maximum Gasteiger partial charge on any atom is 0.315 e. The lowest BCUT2D eigenvalue weighted by Crippen LogP contribution is -2.48. The molecule has 1 aromatic rings. The van der Waals surface area contributed by atoms with Gasteiger partial charge in [0.15, 0.2) is 0 Å². The maximum absolute atomic E-state index is 12.0. The predicted octanol–water partition coefficient (Wildman–Crippen LogP) is 1.46. The van der Waals surface area contributed by atoms with Crippen molar-refractivity contribution in [2.45, 2.75) is 37.8 Å². The minimum Gasteiger partial charge on any atom is -0.394 e. The lowest BCUT2D eigenvalue weighted by atomic mass is 10.1. The second-order valence-electron chi connectivity index (χ2n) is 5.43. The molecule has 0 aromatic heterocycles. The van der Waals surface area contributed by atoms with Gasteiger partial charge in [-0.2, -0.15) is 0 Å². The van der Waals surface area contributed by atoms with E-state index in [4.69, 9.17) is 4.74 Å². The molecular weight excluding hydrogens is 268 g/mol. The van der Waals surface area contributed by atoms with Crippen LogP contribution in [-0.4, -0.2) is 43.0 Å².